The highest BCUT2D eigenvalue weighted by Crippen LogP contribution is 2.53. The lowest BCUT2D eigenvalue weighted by Crippen LogP contribution is -2.15. The second-order valence-electron chi connectivity index (χ2n) is 24.2. The van der Waals surface area contributed by atoms with Gasteiger partial charge in [0, 0.05) is 75.6 Å². The Bertz CT molecular complexity index is 5900. The summed E-state index contributed by atoms with van der Waals surface area (Å²) in [5, 5.41) is 7.76. The predicted octanol–water partition coefficient (Wildman–Crippen LogP) is 26.8. The highest BCUT2D eigenvalue weighted by Gasteiger charge is 2.27. The van der Waals surface area contributed by atoms with Crippen LogP contribution < -0.4 is 19.3 Å². The molecule has 97 heavy (non-hydrogen) atoms. The van der Waals surface area contributed by atoms with E-state index in [1.165, 1.54) is 107 Å². The van der Waals surface area contributed by atoms with Gasteiger partial charge in [0.05, 0.1) is 43.2 Å². The summed E-state index contributed by atoms with van der Waals surface area (Å²) in [6.07, 6.45) is 4.23. The number of anilines is 6. The highest BCUT2D eigenvalue weighted by atomic mass is 79.9. The van der Waals surface area contributed by atoms with Crippen LogP contribution in [0, 0.1) is 0 Å². The zero-order chi connectivity index (χ0) is 64.3. The molecule has 0 bridgehead atoms. The number of hydrogen-bond donors (Lipinski definition) is 1. The van der Waals surface area contributed by atoms with Crippen LogP contribution >= 0.6 is 38.6 Å². The first-order valence-electron chi connectivity index (χ1n) is 32.4. The van der Waals surface area contributed by atoms with Crippen molar-refractivity contribution < 1.29 is 9.47 Å². The van der Waals surface area contributed by atoms with Crippen LogP contribution in [0.5, 0.6) is 23.0 Å². The zero-order valence-electron chi connectivity index (χ0n) is 52.2. The molecule has 1 N–H and O–H groups in total. The van der Waals surface area contributed by atoms with Gasteiger partial charge in [-0.15, -0.1) is 22.7 Å². The highest BCUT2D eigenvalue weighted by molar-refractivity contribution is 9.10. The van der Waals surface area contributed by atoms with Crippen LogP contribution in [0.4, 0.5) is 34.1 Å². The van der Waals surface area contributed by atoms with Gasteiger partial charge in [-0.05, 0) is 166 Å². The summed E-state index contributed by atoms with van der Waals surface area (Å²) in [5.41, 5.74) is 20.0. The van der Waals surface area contributed by atoms with Gasteiger partial charge in [-0.1, -0.05) is 222 Å². The summed E-state index contributed by atoms with van der Waals surface area (Å²) in [6.45, 7) is 0. The van der Waals surface area contributed by atoms with Crippen molar-refractivity contribution in [2.24, 2.45) is 0 Å². The summed E-state index contributed by atoms with van der Waals surface area (Å²) >= 11 is 7.27. The maximum Gasteiger partial charge on any atom is 0.151 e. The van der Waals surface area contributed by atoms with E-state index in [9.17, 15) is 0 Å². The van der Waals surface area contributed by atoms with Gasteiger partial charge in [-0.25, -0.2) is 0 Å². The van der Waals surface area contributed by atoms with Crippen LogP contribution in [0.1, 0.15) is 0 Å². The Morgan fingerprint density at radius 3 is 1.22 bits per heavy atom. The monoisotopic (exact) mass is 1340 g/mol. The molecule has 2 aliphatic rings. The number of aromatic amines is 1. The molecule has 6 nitrogen and oxygen atoms in total. The number of nitrogens with one attached hydrogen (secondary N) is 1. The Morgan fingerprint density at radius 2 is 0.701 bits per heavy atom. The van der Waals surface area contributed by atoms with Gasteiger partial charge < -0.3 is 28.8 Å². The fraction of sp³-hybridized carbons (Fsp3) is 0. The second kappa shape index (κ2) is 24.6. The van der Waals surface area contributed by atoms with Crippen molar-refractivity contribution >= 4 is 135 Å². The largest absolute Gasteiger partial charge is 0.453 e. The summed E-state index contributed by atoms with van der Waals surface area (Å²) in [4.78, 5) is 7.93. The minimum absolute atomic E-state index is 0.856. The molecular formula is C88H57BrN4O2S2. The SMILES string of the molecule is Brc1ccc(N2c3ccccc3Oc3ccccc32)cc1.c1ccc(-c2cccc(-c3cccc4c3sc3c4ccc4cc[nH]c43)c2)cc1.c1ccc(-c2cccc(-c3cccc4c3sc3c4ccc4ccn(-c5ccc(N6c7ccccc7Oc7ccccc76)cc5)c43)c2)cc1. The van der Waals surface area contributed by atoms with Crippen LogP contribution in [0.3, 0.4) is 0 Å². The second-order valence-corrected chi connectivity index (χ2v) is 27.1. The number of aromatic nitrogens is 2. The third-order valence-corrected chi connectivity index (χ3v) is 21.5. The molecule has 460 valence electrons. The number of ether oxygens (including phenoxy) is 2. The third-order valence-electron chi connectivity index (χ3n) is 18.4. The molecule has 6 heterocycles. The number of halogens is 1. The van der Waals surface area contributed by atoms with E-state index in [4.69, 9.17) is 9.47 Å². The molecule has 0 saturated carbocycles. The maximum absolute atomic E-state index is 6.24. The number of nitrogens with zero attached hydrogens (tertiary/aromatic N) is 3. The number of para-hydroxylation sites is 8. The van der Waals surface area contributed by atoms with Crippen molar-refractivity contribution in [3.63, 3.8) is 0 Å². The molecule has 20 rings (SSSR count). The summed E-state index contributed by atoms with van der Waals surface area (Å²) in [7, 11) is 0. The molecule has 0 amide bonds. The fourth-order valence-corrected chi connectivity index (χ4v) is 16.8. The molecule has 4 aromatic heterocycles. The normalized spacial score (nSPS) is 12.1. The van der Waals surface area contributed by atoms with Crippen molar-refractivity contribution in [1.82, 2.24) is 9.55 Å². The molecule has 0 radical (unpaired) electrons. The van der Waals surface area contributed by atoms with Crippen molar-refractivity contribution in [2.45, 2.75) is 0 Å². The summed E-state index contributed by atoms with van der Waals surface area (Å²) < 4.78 is 21.0. The first-order valence-corrected chi connectivity index (χ1v) is 34.8. The van der Waals surface area contributed by atoms with Gasteiger partial charge in [-0.2, -0.15) is 0 Å². The Hall–Kier alpha value is -11.7. The first kappa shape index (κ1) is 57.9. The van der Waals surface area contributed by atoms with Crippen LogP contribution in [-0.4, -0.2) is 9.55 Å². The molecule has 18 aromatic rings. The number of rotatable bonds is 7. The fourth-order valence-electron chi connectivity index (χ4n) is 13.8. The van der Waals surface area contributed by atoms with Crippen LogP contribution in [-0.2, 0) is 0 Å². The minimum Gasteiger partial charge on any atom is -0.453 e. The number of H-pyrrole nitrogens is 1. The molecule has 0 fully saturated rings. The average Bonchev–Trinajstić information content (AvgIpc) is 1.64. The van der Waals surface area contributed by atoms with Gasteiger partial charge in [-0.3, -0.25) is 0 Å². The minimum atomic E-state index is 0.856. The van der Waals surface area contributed by atoms with E-state index in [0.29, 0.717) is 0 Å². The van der Waals surface area contributed by atoms with Gasteiger partial charge in [0.25, 0.3) is 0 Å². The van der Waals surface area contributed by atoms with E-state index in [2.05, 4.69) is 308 Å². The first-order chi connectivity index (χ1) is 48.0. The van der Waals surface area contributed by atoms with E-state index in [1.807, 2.05) is 89.5 Å². The maximum atomic E-state index is 6.24. The molecular weight excluding hydrogens is 1290 g/mol. The Balaban J connectivity index is 0.000000117. The standard InChI is InChI=1S/C44H28N2OS.C26H17NS.C18H12BrNO/c1-2-10-29(11-3-1)31-12-8-13-32(28-31)35-14-9-15-36-37-25-20-30-26-27-45(42(30)44(37)48-43(35)36)33-21-23-34(24-22-33)46-38-16-4-6-18-40(38)47-41-19-7-5-17-39(41)46;1-2-6-17(7-3-1)19-8-4-9-20(16-19)21-10-5-11-22-23-13-12-18-14-15-27-24(18)26(23)28-25(21)22;19-13-9-11-14(12-10-13)20-15-5-1-3-7-17(15)21-18-8-4-2-6-16(18)20/h1-28H;1-16,27H;1-12H. The molecule has 14 aromatic carbocycles. The Labute approximate surface area is 577 Å². The van der Waals surface area contributed by atoms with E-state index in [0.717, 1.165) is 67.3 Å². The van der Waals surface area contributed by atoms with Gasteiger partial charge in [0.15, 0.2) is 23.0 Å². The lowest BCUT2D eigenvalue weighted by Gasteiger charge is -2.32. The lowest BCUT2D eigenvalue weighted by molar-refractivity contribution is 0.477. The number of thiophene rings is 2. The number of fused-ring (bicyclic) bond motifs is 14. The molecule has 2 aliphatic heterocycles. The van der Waals surface area contributed by atoms with Crippen LogP contribution in [0.2, 0.25) is 0 Å². The van der Waals surface area contributed by atoms with Gasteiger partial charge >= 0.3 is 0 Å². The molecule has 0 spiro atoms. The lowest BCUT2D eigenvalue weighted by atomic mass is 9.98. The van der Waals surface area contributed by atoms with Crippen LogP contribution in [0.25, 0.3) is 112 Å². The van der Waals surface area contributed by atoms with Crippen molar-refractivity contribution in [1.29, 1.82) is 0 Å². The molecule has 0 unspecified atom stereocenters. The molecule has 9 heteroatoms. The topological polar surface area (TPSA) is 45.7 Å². The average molecular weight is 1350 g/mol. The summed E-state index contributed by atoms with van der Waals surface area (Å²) in [6, 6.07) is 116. The van der Waals surface area contributed by atoms with Crippen molar-refractivity contribution in [3.05, 3.63) is 344 Å². The van der Waals surface area contributed by atoms with E-state index >= 15 is 0 Å². The van der Waals surface area contributed by atoms with Crippen LogP contribution in [0.15, 0.2) is 344 Å². The number of hydrogen-bond acceptors (Lipinski definition) is 6. The van der Waals surface area contributed by atoms with Gasteiger partial charge in [0.1, 0.15) is 0 Å². The number of benzene rings is 14. The smallest absolute Gasteiger partial charge is 0.151 e. The molecule has 0 aliphatic carbocycles. The molecule has 0 saturated heterocycles. The predicted molar refractivity (Wildman–Crippen MR) is 413 cm³/mol. The van der Waals surface area contributed by atoms with Crippen molar-refractivity contribution in [3.8, 4) is 73.2 Å². The van der Waals surface area contributed by atoms with Crippen molar-refractivity contribution in [2.75, 3.05) is 9.80 Å². The summed E-state index contributed by atoms with van der Waals surface area (Å²) in [5.74, 6) is 3.46. The van der Waals surface area contributed by atoms with E-state index < -0.39 is 0 Å². The Morgan fingerprint density at radius 1 is 0.299 bits per heavy atom. The molecule has 0 atom stereocenters. The Kier molecular flexibility index (Phi) is 14.7. The zero-order valence-corrected chi connectivity index (χ0v) is 55.4. The van der Waals surface area contributed by atoms with E-state index in [-0.39, 0.29) is 0 Å². The third kappa shape index (κ3) is 10.5. The van der Waals surface area contributed by atoms with E-state index in [1.54, 1.807) is 0 Å². The van der Waals surface area contributed by atoms with Gasteiger partial charge in [0.2, 0.25) is 0 Å². The quantitative estimate of drug-likeness (QED) is 0.173.